The number of ether oxygens (including phenoxy) is 1. The van der Waals surface area contributed by atoms with E-state index in [1.54, 1.807) is 11.8 Å². The summed E-state index contributed by atoms with van der Waals surface area (Å²) in [7, 11) is 0. The van der Waals surface area contributed by atoms with E-state index in [4.69, 9.17) is 29.4 Å². The van der Waals surface area contributed by atoms with E-state index in [0.29, 0.717) is 34.8 Å². The van der Waals surface area contributed by atoms with E-state index in [1.165, 1.54) is 40.8 Å². The molecule has 0 radical (unpaired) electrons. The maximum atomic E-state index is 12.4. The lowest BCUT2D eigenvalue weighted by Crippen LogP contribution is -2.31. The van der Waals surface area contributed by atoms with Crippen LogP contribution in [0, 0.1) is 6.92 Å². The number of rotatable bonds is 8. The van der Waals surface area contributed by atoms with Gasteiger partial charge >= 0.3 is 6.36 Å². The Morgan fingerprint density at radius 2 is 1.82 bits per heavy atom. The highest BCUT2D eigenvalue weighted by molar-refractivity contribution is 8.16. The first-order valence-corrected chi connectivity index (χ1v) is 15.6. The molecule has 0 atom stereocenters. The predicted octanol–water partition coefficient (Wildman–Crippen LogP) is 7.62. The van der Waals surface area contributed by atoms with Crippen molar-refractivity contribution in [3.05, 3.63) is 89.7 Å². The smallest absolute Gasteiger partial charge is 0.406 e. The van der Waals surface area contributed by atoms with Crippen molar-refractivity contribution in [3.63, 3.8) is 0 Å². The molecule has 1 fully saturated rings. The van der Waals surface area contributed by atoms with Crippen molar-refractivity contribution >= 4 is 57.2 Å². The average Bonchev–Trinajstić information content (AvgIpc) is 3.60. The minimum absolute atomic E-state index is 0.300. The predicted molar refractivity (Wildman–Crippen MR) is 178 cm³/mol. The number of hydrogen-bond acceptors (Lipinski definition) is 6. The van der Waals surface area contributed by atoms with Crippen molar-refractivity contribution in [3.8, 4) is 22.8 Å². The highest BCUT2D eigenvalue weighted by Gasteiger charge is 2.31. The van der Waals surface area contributed by atoms with Crippen LogP contribution in [0.15, 0.2) is 78.0 Å². The highest BCUT2D eigenvalue weighted by atomic mass is 32.2. The summed E-state index contributed by atoms with van der Waals surface area (Å²) < 4.78 is 42.6. The summed E-state index contributed by atoms with van der Waals surface area (Å²) in [4.78, 5) is 11.9. The van der Waals surface area contributed by atoms with Crippen molar-refractivity contribution < 1.29 is 17.9 Å². The zero-order chi connectivity index (χ0) is 31.4. The summed E-state index contributed by atoms with van der Waals surface area (Å²) in [5.74, 6) is 1.22. The minimum Gasteiger partial charge on any atom is -0.406 e. The lowest BCUT2D eigenvalue weighted by atomic mass is 9.99. The SMILES string of the molecule is Cc1ccc(C(C)C)c(N2C(=S)CSC2=NC(=S)NCCc2ccc(-c3ncn(-c4ccc(OC(F)(F)F)cc4)n3)cc2)c1. The second-order valence-electron chi connectivity index (χ2n) is 10.4. The third kappa shape index (κ3) is 7.82. The molecule has 2 heterocycles. The van der Waals surface area contributed by atoms with Crippen molar-refractivity contribution in [2.45, 2.75) is 39.5 Å². The Kier molecular flexibility index (Phi) is 9.66. The van der Waals surface area contributed by atoms with E-state index in [-0.39, 0.29) is 5.75 Å². The summed E-state index contributed by atoms with van der Waals surface area (Å²) >= 11 is 12.8. The molecule has 1 saturated heterocycles. The van der Waals surface area contributed by atoms with Crippen molar-refractivity contribution in [1.82, 2.24) is 20.1 Å². The fourth-order valence-corrected chi connectivity index (χ4v) is 6.14. The first-order chi connectivity index (χ1) is 21.0. The first-order valence-electron chi connectivity index (χ1n) is 13.8. The maximum Gasteiger partial charge on any atom is 0.573 e. The number of alkyl halides is 3. The van der Waals surface area contributed by atoms with Gasteiger partial charge in [-0.3, -0.25) is 4.90 Å². The van der Waals surface area contributed by atoms with Gasteiger partial charge in [0, 0.05) is 12.1 Å². The zero-order valence-electron chi connectivity index (χ0n) is 24.1. The minimum atomic E-state index is -4.74. The van der Waals surface area contributed by atoms with Gasteiger partial charge in [-0.2, -0.15) is 4.99 Å². The number of aromatic nitrogens is 3. The Hall–Kier alpha value is -3.81. The van der Waals surface area contributed by atoms with Gasteiger partial charge in [0.2, 0.25) is 0 Å². The number of aliphatic imine (C=N–C) groups is 1. The standard InChI is InChI=1S/C31H29F3N6OS3/c1-19(2)25-13-4-20(3)16-26(25)40-27(42)17-44-30(40)37-29(43)35-15-14-21-5-7-22(8-6-21)28-36-18-39(38-28)23-9-11-24(12-10-23)41-31(32,33)34/h4-13,16,18-19H,14-15,17H2,1-3H3,(H,35,43). The highest BCUT2D eigenvalue weighted by Crippen LogP contribution is 2.34. The lowest BCUT2D eigenvalue weighted by Gasteiger charge is -2.24. The molecule has 0 bridgehead atoms. The molecule has 1 aliphatic heterocycles. The summed E-state index contributed by atoms with van der Waals surface area (Å²) in [5.41, 5.74) is 5.89. The van der Waals surface area contributed by atoms with Crippen molar-refractivity contribution in [2.24, 2.45) is 4.99 Å². The Bertz CT molecular complexity index is 1690. The van der Waals surface area contributed by atoms with Crippen molar-refractivity contribution in [1.29, 1.82) is 0 Å². The Morgan fingerprint density at radius 3 is 2.50 bits per heavy atom. The summed E-state index contributed by atoms with van der Waals surface area (Å²) in [6, 6.07) is 19.7. The van der Waals surface area contributed by atoms with E-state index < -0.39 is 6.36 Å². The Labute approximate surface area is 268 Å². The molecular formula is C31H29F3N6OS3. The number of anilines is 1. The van der Waals surface area contributed by atoms with E-state index >= 15 is 0 Å². The molecule has 0 amide bonds. The van der Waals surface area contributed by atoms with E-state index in [9.17, 15) is 13.2 Å². The fourth-order valence-electron chi connectivity index (χ4n) is 4.60. The summed E-state index contributed by atoms with van der Waals surface area (Å²) in [5, 5.41) is 8.88. The molecule has 0 spiro atoms. The third-order valence-electron chi connectivity index (χ3n) is 6.74. The Balaban J connectivity index is 1.17. The van der Waals surface area contributed by atoms with E-state index in [1.807, 2.05) is 29.2 Å². The summed E-state index contributed by atoms with van der Waals surface area (Å²) in [6.07, 6.45) is -2.51. The molecule has 5 rings (SSSR count). The van der Waals surface area contributed by atoms with Gasteiger partial charge in [-0.15, -0.1) is 18.3 Å². The van der Waals surface area contributed by atoms with Crippen LogP contribution in [0.25, 0.3) is 17.1 Å². The van der Waals surface area contributed by atoms with E-state index in [2.05, 4.69) is 59.1 Å². The molecule has 1 aliphatic rings. The number of nitrogens with zero attached hydrogens (tertiary/aromatic N) is 5. The van der Waals surface area contributed by atoms with Crippen LogP contribution in [-0.2, 0) is 6.42 Å². The lowest BCUT2D eigenvalue weighted by molar-refractivity contribution is -0.274. The molecular weight excluding hydrogens is 626 g/mol. The van der Waals surface area contributed by atoms with Gasteiger partial charge < -0.3 is 10.1 Å². The molecule has 0 saturated carbocycles. The van der Waals surface area contributed by atoms with E-state index in [0.717, 1.165) is 39.0 Å². The van der Waals surface area contributed by atoms with Gasteiger partial charge in [0.25, 0.3) is 0 Å². The fraction of sp³-hybridized carbons (Fsp3) is 0.258. The number of amidine groups is 1. The average molecular weight is 655 g/mol. The van der Waals surface area contributed by atoms with Crippen LogP contribution >= 0.6 is 36.2 Å². The molecule has 0 aliphatic carbocycles. The van der Waals surface area contributed by atoms with Gasteiger partial charge in [0.15, 0.2) is 16.1 Å². The second kappa shape index (κ2) is 13.4. The normalized spacial score (nSPS) is 14.5. The molecule has 1 aromatic heterocycles. The molecule has 7 nitrogen and oxygen atoms in total. The molecule has 44 heavy (non-hydrogen) atoms. The van der Waals surface area contributed by atoms with Gasteiger partial charge in [-0.25, -0.2) is 9.67 Å². The number of hydrogen-bond donors (Lipinski definition) is 1. The molecule has 3 aromatic carbocycles. The van der Waals surface area contributed by atoms with Crippen LogP contribution in [0.3, 0.4) is 0 Å². The molecule has 228 valence electrons. The summed E-state index contributed by atoms with van der Waals surface area (Å²) in [6.45, 7) is 7.01. The molecule has 1 N–H and O–H groups in total. The van der Waals surface area contributed by atoms with Crippen LogP contribution in [0.5, 0.6) is 5.75 Å². The second-order valence-corrected chi connectivity index (χ2v) is 12.2. The number of thiocarbonyl (C=S) groups is 2. The molecule has 4 aromatic rings. The largest absolute Gasteiger partial charge is 0.573 e. The molecule has 13 heteroatoms. The maximum absolute atomic E-state index is 12.4. The number of nitrogens with one attached hydrogen (secondary N) is 1. The first kappa shape index (κ1) is 31.6. The van der Waals surface area contributed by atoms with Gasteiger partial charge in [0.05, 0.1) is 22.1 Å². The topological polar surface area (TPSA) is 67.6 Å². The number of thioether (sulfide) groups is 1. The zero-order valence-corrected chi connectivity index (χ0v) is 26.6. The van der Waals surface area contributed by atoms with Crippen LogP contribution in [-0.4, -0.2) is 48.7 Å². The van der Waals surface area contributed by atoms with Gasteiger partial charge in [-0.05, 0) is 78.5 Å². The van der Waals surface area contributed by atoms with Crippen LogP contribution < -0.4 is 15.0 Å². The number of halogens is 3. The quantitative estimate of drug-likeness (QED) is 0.195. The van der Waals surface area contributed by atoms with Gasteiger partial charge in [0.1, 0.15) is 12.1 Å². The third-order valence-corrected chi connectivity index (χ3v) is 8.44. The van der Waals surface area contributed by atoms with Crippen molar-refractivity contribution in [2.75, 3.05) is 17.2 Å². The Morgan fingerprint density at radius 1 is 1.09 bits per heavy atom. The number of benzene rings is 3. The van der Waals surface area contributed by atoms with Crippen LogP contribution in [0.1, 0.15) is 36.5 Å². The monoisotopic (exact) mass is 654 g/mol. The van der Waals surface area contributed by atoms with Gasteiger partial charge in [-0.1, -0.05) is 74.2 Å². The van der Waals surface area contributed by atoms with Crippen LogP contribution in [0.2, 0.25) is 0 Å². The number of aryl methyl sites for hydroxylation is 1. The van der Waals surface area contributed by atoms with Crippen LogP contribution in [0.4, 0.5) is 18.9 Å². The molecule has 0 unspecified atom stereocenters.